The molecule has 2 aliphatic rings. The molecule has 122 valence electrons. The maximum absolute atomic E-state index is 12.6. The summed E-state index contributed by atoms with van der Waals surface area (Å²) < 4.78 is 1.82. The second kappa shape index (κ2) is 5.60. The molecule has 0 bridgehead atoms. The Kier molecular flexibility index (Phi) is 3.41. The highest BCUT2D eigenvalue weighted by Gasteiger charge is 2.48. The molecule has 24 heavy (non-hydrogen) atoms. The highest BCUT2D eigenvalue weighted by Crippen LogP contribution is 2.42. The molecule has 4 rings (SSSR count). The normalized spacial score (nSPS) is 23.3. The first-order valence-electron chi connectivity index (χ1n) is 7.95. The van der Waals surface area contributed by atoms with E-state index < -0.39 is 0 Å². The average molecular weight is 323 g/mol. The van der Waals surface area contributed by atoms with E-state index in [1.54, 1.807) is 6.20 Å². The third-order valence-electron chi connectivity index (χ3n) is 4.57. The Morgan fingerprint density at radius 1 is 1.33 bits per heavy atom. The van der Waals surface area contributed by atoms with Crippen LogP contribution in [0, 0.1) is 11.3 Å². The number of nitriles is 1. The topological polar surface area (TPSA) is 99.7 Å². The summed E-state index contributed by atoms with van der Waals surface area (Å²) in [5.41, 5.74) is 1.28. The van der Waals surface area contributed by atoms with E-state index in [1.165, 1.54) is 12.4 Å². The van der Waals surface area contributed by atoms with Crippen molar-refractivity contribution in [3.05, 3.63) is 36.0 Å². The molecule has 1 amide bonds. The van der Waals surface area contributed by atoms with Crippen LogP contribution in [-0.4, -0.2) is 42.6 Å². The summed E-state index contributed by atoms with van der Waals surface area (Å²) in [7, 11) is 1.89. The lowest BCUT2D eigenvalue weighted by molar-refractivity contribution is -0.129. The molecular weight excluding hydrogens is 306 g/mol. The first-order chi connectivity index (χ1) is 11.7. The fourth-order valence-corrected chi connectivity index (χ4v) is 3.34. The van der Waals surface area contributed by atoms with Gasteiger partial charge < -0.3 is 10.2 Å². The zero-order valence-corrected chi connectivity index (χ0v) is 13.3. The van der Waals surface area contributed by atoms with E-state index in [1.807, 2.05) is 28.8 Å². The van der Waals surface area contributed by atoms with Gasteiger partial charge in [-0.1, -0.05) is 0 Å². The van der Waals surface area contributed by atoms with E-state index >= 15 is 0 Å². The number of anilines is 1. The van der Waals surface area contributed by atoms with Gasteiger partial charge in [-0.15, -0.1) is 0 Å². The van der Waals surface area contributed by atoms with Gasteiger partial charge in [0.1, 0.15) is 11.9 Å². The lowest BCUT2D eigenvalue weighted by atomic mass is 10.1. The number of carbonyl (C=O) groups is 1. The monoisotopic (exact) mass is 323 g/mol. The van der Waals surface area contributed by atoms with Crippen LogP contribution in [0.4, 0.5) is 5.82 Å². The molecule has 2 atom stereocenters. The summed E-state index contributed by atoms with van der Waals surface area (Å²) in [4.78, 5) is 22.8. The largest absolute Gasteiger partial charge is 0.363 e. The van der Waals surface area contributed by atoms with E-state index in [0.717, 1.165) is 18.5 Å². The van der Waals surface area contributed by atoms with Crippen LogP contribution in [0.2, 0.25) is 0 Å². The summed E-state index contributed by atoms with van der Waals surface area (Å²) in [6.45, 7) is 0. The van der Waals surface area contributed by atoms with Gasteiger partial charge in [0.05, 0.1) is 30.2 Å². The summed E-state index contributed by atoms with van der Waals surface area (Å²) in [5.74, 6) is 0.722. The van der Waals surface area contributed by atoms with E-state index in [-0.39, 0.29) is 23.7 Å². The molecule has 8 heteroatoms. The number of nitrogens with one attached hydrogen (secondary N) is 1. The molecule has 2 aromatic rings. The van der Waals surface area contributed by atoms with Crippen molar-refractivity contribution in [1.82, 2.24) is 24.6 Å². The number of carbonyl (C=O) groups excluding carboxylic acids is 1. The molecule has 0 unspecified atom stereocenters. The molecule has 0 aromatic carbocycles. The molecule has 8 nitrogen and oxygen atoms in total. The molecule has 1 N–H and O–H groups in total. The van der Waals surface area contributed by atoms with Gasteiger partial charge in [-0.25, -0.2) is 9.97 Å². The second-order valence-electron chi connectivity index (χ2n) is 6.21. The van der Waals surface area contributed by atoms with Crippen molar-refractivity contribution in [2.24, 2.45) is 7.05 Å². The number of likely N-dealkylation sites (tertiary alicyclic amines) is 1. The molecular formula is C16H17N7O. The molecule has 1 aliphatic carbocycles. The van der Waals surface area contributed by atoms with Crippen LogP contribution in [0.3, 0.4) is 0 Å². The van der Waals surface area contributed by atoms with E-state index in [4.69, 9.17) is 5.26 Å². The summed E-state index contributed by atoms with van der Waals surface area (Å²) in [6.07, 6.45) is 7.24. The first-order valence-corrected chi connectivity index (χ1v) is 7.95. The number of aryl methyl sites for hydroxylation is 1. The molecule has 0 spiro atoms. The van der Waals surface area contributed by atoms with Crippen molar-refractivity contribution >= 4 is 11.7 Å². The minimum Gasteiger partial charge on any atom is -0.363 e. The summed E-state index contributed by atoms with van der Waals surface area (Å²) in [6, 6.07) is 4.06. The lowest BCUT2D eigenvalue weighted by Gasteiger charge is -2.29. The average Bonchev–Trinajstić information content (AvgIpc) is 3.25. The number of nitrogens with zero attached hydrogens (tertiary/aromatic N) is 6. The highest BCUT2D eigenvalue weighted by atomic mass is 16.2. The minimum absolute atomic E-state index is 0.0741. The van der Waals surface area contributed by atoms with Gasteiger partial charge in [-0.3, -0.25) is 9.48 Å². The van der Waals surface area contributed by atoms with Crippen molar-refractivity contribution in [3.63, 3.8) is 0 Å². The molecule has 3 heterocycles. The Labute approximate surface area is 139 Å². The maximum Gasteiger partial charge on any atom is 0.225 e. The zero-order valence-electron chi connectivity index (χ0n) is 13.3. The quantitative estimate of drug-likeness (QED) is 0.901. The van der Waals surface area contributed by atoms with Crippen LogP contribution in [0.5, 0.6) is 0 Å². The van der Waals surface area contributed by atoms with Crippen molar-refractivity contribution in [2.75, 3.05) is 5.32 Å². The standard InChI is InChI=1S/C16H17N7O/c1-22-13(4-5-20-22)16-12(6-15(24)23(16)11-2-3-11)21-14-9-18-10(7-17)8-19-14/h4-5,8-9,11-12,16H,2-3,6H2,1H3,(H,19,21)/t12-,16-/m1/s1. The Morgan fingerprint density at radius 3 is 2.75 bits per heavy atom. The SMILES string of the molecule is Cn1nccc1[C@H]1[C@H](Nc2cnc(C#N)cn2)CC(=O)N1C1CC1. The van der Waals surface area contributed by atoms with Gasteiger partial charge in [-0.2, -0.15) is 10.4 Å². The van der Waals surface area contributed by atoms with Gasteiger partial charge in [0.15, 0.2) is 5.69 Å². The molecule has 1 aliphatic heterocycles. The van der Waals surface area contributed by atoms with Gasteiger partial charge in [0.2, 0.25) is 5.91 Å². The van der Waals surface area contributed by atoms with E-state index in [9.17, 15) is 4.79 Å². The fraction of sp³-hybridized carbons (Fsp3) is 0.438. The predicted molar refractivity (Wildman–Crippen MR) is 84.6 cm³/mol. The first kappa shape index (κ1) is 14.6. The third kappa shape index (κ3) is 2.48. The van der Waals surface area contributed by atoms with Crippen LogP contribution in [0.25, 0.3) is 0 Å². The molecule has 2 fully saturated rings. The van der Waals surface area contributed by atoms with Crippen LogP contribution in [0.15, 0.2) is 24.7 Å². The predicted octanol–water partition coefficient (Wildman–Crippen LogP) is 0.998. The van der Waals surface area contributed by atoms with E-state index in [2.05, 4.69) is 20.4 Å². The van der Waals surface area contributed by atoms with Crippen molar-refractivity contribution in [2.45, 2.75) is 37.4 Å². The number of amides is 1. The van der Waals surface area contributed by atoms with Crippen LogP contribution in [0.1, 0.15) is 36.7 Å². The Balaban J connectivity index is 1.63. The molecule has 1 saturated carbocycles. The summed E-state index contributed by atoms with van der Waals surface area (Å²) >= 11 is 0. The number of hydrogen-bond donors (Lipinski definition) is 1. The lowest BCUT2D eigenvalue weighted by Crippen LogP contribution is -2.35. The number of hydrogen-bond acceptors (Lipinski definition) is 6. The second-order valence-corrected chi connectivity index (χ2v) is 6.21. The van der Waals surface area contributed by atoms with Crippen molar-refractivity contribution in [3.8, 4) is 6.07 Å². The van der Waals surface area contributed by atoms with Crippen LogP contribution < -0.4 is 5.32 Å². The van der Waals surface area contributed by atoms with Gasteiger partial charge in [-0.05, 0) is 18.9 Å². The maximum atomic E-state index is 12.6. The Morgan fingerprint density at radius 2 is 2.17 bits per heavy atom. The van der Waals surface area contributed by atoms with Gasteiger partial charge in [0.25, 0.3) is 0 Å². The number of rotatable bonds is 4. The van der Waals surface area contributed by atoms with Gasteiger partial charge >= 0.3 is 0 Å². The smallest absolute Gasteiger partial charge is 0.225 e. The number of aromatic nitrogens is 4. The van der Waals surface area contributed by atoms with E-state index in [0.29, 0.717) is 18.3 Å². The highest BCUT2D eigenvalue weighted by molar-refractivity contribution is 5.81. The Hall–Kier alpha value is -2.95. The molecule has 2 aromatic heterocycles. The zero-order chi connectivity index (χ0) is 16.7. The van der Waals surface area contributed by atoms with Crippen LogP contribution >= 0.6 is 0 Å². The summed E-state index contributed by atoms with van der Waals surface area (Å²) in [5, 5.41) is 16.4. The third-order valence-corrected chi connectivity index (χ3v) is 4.57. The van der Waals surface area contributed by atoms with Crippen molar-refractivity contribution < 1.29 is 4.79 Å². The van der Waals surface area contributed by atoms with Crippen molar-refractivity contribution in [1.29, 1.82) is 5.26 Å². The fourth-order valence-electron chi connectivity index (χ4n) is 3.34. The Bertz CT molecular complexity index is 803. The van der Waals surface area contributed by atoms with Gasteiger partial charge in [0, 0.05) is 25.7 Å². The molecule has 1 saturated heterocycles. The molecule has 0 radical (unpaired) electrons. The van der Waals surface area contributed by atoms with Crippen LogP contribution in [-0.2, 0) is 11.8 Å². The minimum atomic E-state index is -0.101.